The average molecular weight is 293 g/mol. The van der Waals surface area contributed by atoms with Gasteiger partial charge in [-0.2, -0.15) is 5.26 Å². The summed E-state index contributed by atoms with van der Waals surface area (Å²) in [5.74, 6) is 0.0956. The molecule has 0 atom stereocenters. The summed E-state index contributed by atoms with van der Waals surface area (Å²) in [6, 6.07) is 12.6. The minimum atomic E-state index is -4.83. The van der Waals surface area contributed by atoms with E-state index in [1.165, 1.54) is 19.2 Å². The van der Waals surface area contributed by atoms with Crippen LogP contribution in [0.3, 0.4) is 0 Å². The Morgan fingerprint density at radius 1 is 1.05 bits per heavy atom. The fraction of sp³-hybridized carbons (Fsp3) is 0.133. The summed E-state index contributed by atoms with van der Waals surface area (Å²) in [5.41, 5.74) is 1.14. The van der Waals surface area contributed by atoms with E-state index in [1.54, 1.807) is 30.3 Å². The lowest BCUT2D eigenvalue weighted by molar-refractivity contribution is -0.274. The third kappa shape index (κ3) is 3.66. The standard InChI is InChI=1S/C15H10F3NO2/c1-20-13-4-2-3-10(8-13)11-5-6-14(12(7-11)9-19)21-15(16,17)18/h2-8H,1H3. The number of nitrogens with zero attached hydrogens (tertiary/aromatic N) is 1. The van der Waals surface area contributed by atoms with Gasteiger partial charge < -0.3 is 9.47 Å². The van der Waals surface area contributed by atoms with Crippen LogP contribution in [0.4, 0.5) is 13.2 Å². The van der Waals surface area contributed by atoms with Gasteiger partial charge in [0.2, 0.25) is 0 Å². The van der Waals surface area contributed by atoms with Gasteiger partial charge in [0.25, 0.3) is 0 Å². The number of benzene rings is 2. The molecule has 2 rings (SSSR count). The molecule has 0 fully saturated rings. The van der Waals surface area contributed by atoms with E-state index >= 15 is 0 Å². The first-order valence-corrected chi connectivity index (χ1v) is 5.87. The first kappa shape index (κ1) is 14.7. The second kappa shape index (κ2) is 5.75. The lowest BCUT2D eigenvalue weighted by Gasteiger charge is -2.11. The molecule has 0 heterocycles. The predicted molar refractivity (Wildman–Crippen MR) is 69.8 cm³/mol. The van der Waals surface area contributed by atoms with Crippen molar-refractivity contribution in [1.29, 1.82) is 5.26 Å². The molecule has 0 saturated carbocycles. The van der Waals surface area contributed by atoms with Gasteiger partial charge in [0.1, 0.15) is 17.6 Å². The molecule has 21 heavy (non-hydrogen) atoms. The Balaban J connectivity index is 2.41. The normalized spacial score (nSPS) is 10.8. The van der Waals surface area contributed by atoms with Gasteiger partial charge in [-0.25, -0.2) is 0 Å². The highest BCUT2D eigenvalue weighted by Gasteiger charge is 2.32. The fourth-order valence-electron chi connectivity index (χ4n) is 1.81. The summed E-state index contributed by atoms with van der Waals surface area (Å²) in [6.45, 7) is 0. The van der Waals surface area contributed by atoms with Crippen LogP contribution in [0.2, 0.25) is 0 Å². The molecule has 0 spiro atoms. The largest absolute Gasteiger partial charge is 0.573 e. The number of halogens is 3. The van der Waals surface area contributed by atoms with Crippen molar-refractivity contribution in [3.05, 3.63) is 48.0 Å². The van der Waals surface area contributed by atoms with Gasteiger partial charge in [0.15, 0.2) is 0 Å². The van der Waals surface area contributed by atoms with E-state index in [-0.39, 0.29) is 5.56 Å². The van der Waals surface area contributed by atoms with Crippen LogP contribution in [0.25, 0.3) is 11.1 Å². The first-order chi connectivity index (χ1) is 9.93. The first-order valence-electron chi connectivity index (χ1n) is 5.87. The highest BCUT2D eigenvalue weighted by atomic mass is 19.4. The van der Waals surface area contributed by atoms with Crippen LogP contribution in [-0.4, -0.2) is 13.5 Å². The van der Waals surface area contributed by atoms with E-state index in [9.17, 15) is 13.2 Å². The molecule has 0 N–H and O–H groups in total. The molecule has 0 aromatic heterocycles. The van der Waals surface area contributed by atoms with Crippen LogP contribution < -0.4 is 9.47 Å². The van der Waals surface area contributed by atoms with E-state index in [1.807, 2.05) is 0 Å². The Hall–Kier alpha value is -2.68. The van der Waals surface area contributed by atoms with Crippen molar-refractivity contribution in [2.24, 2.45) is 0 Å². The van der Waals surface area contributed by atoms with E-state index < -0.39 is 12.1 Å². The quantitative estimate of drug-likeness (QED) is 0.854. The number of hydrogen-bond donors (Lipinski definition) is 0. The number of rotatable bonds is 3. The Bertz CT molecular complexity index is 690. The van der Waals surface area contributed by atoms with Crippen molar-refractivity contribution in [3.8, 4) is 28.7 Å². The number of hydrogen-bond acceptors (Lipinski definition) is 3. The van der Waals surface area contributed by atoms with Crippen LogP contribution in [0, 0.1) is 11.3 Å². The molecule has 0 aliphatic carbocycles. The summed E-state index contributed by atoms with van der Waals surface area (Å²) < 4.78 is 45.6. The zero-order chi connectivity index (χ0) is 15.5. The highest BCUT2D eigenvalue weighted by Crippen LogP contribution is 2.31. The van der Waals surface area contributed by atoms with Crippen LogP contribution >= 0.6 is 0 Å². The molecule has 2 aromatic rings. The third-order valence-electron chi connectivity index (χ3n) is 2.73. The van der Waals surface area contributed by atoms with Crippen molar-refractivity contribution in [1.82, 2.24) is 0 Å². The summed E-state index contributed by atoms with van der Waals surface area (Å²) in [6.07, 6.45) is -4.83. The lowest BCUT2D eigenvalue weighted by atomic mass is 10.0. The number of ether oxygens (including phenoxy) is 2. The van der Waals surface area contributed by atoms with Crippen molar-refractivity contribution in [3.63, 3.8) is 0 Å². The summed E-state index contributed by atoms with van der Waals surface area (Å²) in [4.78, 5) is 0. The minimum Gasteiger partial charge on any atom is -0.497 e. The molecule has 108 valence electrons. The van der Waals surface area contributed by atoms with Crippen molar-refractivity contribution >= 4 is 0 Å². The monoisotopic (exact) mass is 293 g/mol. The average Bonchev–Trinajstić information content (AvgIpc) is 2.46. The fourth-order valence-corrected chi connectivity index (χ4v) is 1.81. The molecule has 3 nitrogen and oxygen atoms in total. The Morgan fingerprint density at radius 2 is 1.76 bits per heavy atom. The molecule has 0 amide bonds. The smallest absolute Gasteiger partial charge is 0.497 e. The zero-order valence-electron chi connectivity index (χ0n) is 10.9. The number of alkyl halides is 3. The number of methoxy groups -OCH3 is 1. The molecular weight excluding hydrogens is 283 g/mol. The highest BCUT2D eigenvalue weighted by molar-refractivity contribution is 5.68. The maximum Gasteiger partial charge on any atom is 0.573 e. The molecule has 0 aliphatic rings. The SMILES string of the molecule is COc1cccc(-c2ccc(OC(F)(F)F)c(C#N)c2)c1. The second-order valence-electron chi connectivity index (χ2n) is 4.10. The van der Waals surface area contributed by atoms with Crippen molar-refractivity contribution < 1.29 is 22.6 Å². The summed E-state index contributed by atoms with van der Waals surface area (Å²) in [5, 5.41) is 8.97. The van der Waals surface area contributed by atoms with Gasteiger partial charge in [0, 0.05) is 0 Å². The van der Waals surface area contributed by atoms with E-state index in [4.69, 9.17) is 10.00 Å². The van der Waals surface area contributed by atoms with Crippen LogP contribution in [-0.2, 0) is 0 Å². The molecule has 0 bridgehead atoms. The Labute approximate surface area is 119 Å². The third-order valence-corrected chi connectivity index (χ3v) is 2.73. The van der Waals surface area contributed by atoms with E-state index in [2.05, 4.69) is 4.74 Å². The number of nitriles is 1. The maximum absolute atomic E-state index is 12.2. The molecule has 0 saturated heterocycles. The van der Waals surface area contributed by atoms with Crippen molar-refractivity contribution in [2.45, 2.75) is 6.36 Å². The van der Waals surface area contributed by atoms with Gasteiger partial charge in [-0.15, -0.1) is 13.2 Å². The van der Waals surface area contributed by atoms with Crippen LogP contribution in [0.5, 0.6) is 11.5 Å². The van der Waals surface area contributed by atoms with Gasteiger partial charge >= 0.3 is 6.36 Å². The molecule has 0 radical (unpaired) electrons. The van der Waals surface area contributed by atoms with Gasteiger partial charge in [-0.1, -0.05) is 18.2 Å². The van der Waals surface area contributed by atoms with E-state index in [0.717, 1.165) is 11.6 Å². The lowest BCUT2D eigenvalue weighted by Crippen LogP contribution is -2.17. The minimum absolute atomic E-state index is 0.187. The van der Waals surface area contributed by atoms with Gasteiger partial charge in [0.05, 0.1) is 12.7 Å². The van der Waals surface area contributed by atoms with Gasteiger partial charge in [-0.3, -0.25) is 0 Å². The van der Waals surface area contributed by atoms with Crippen LogP contribution in [0.1, 0.15) is 5.56 Å². The second-order valence-corrected chi connectivity index (χ2v) is 4.10. The zero-order valence-corrected chi connectivity index (χ0v) is 10.9. The van der Waals surface area contributed by atoms with Crippen molar-refractivity contribution in [2.75, 3.05) is 7.11 Å². The molecule has 0 aliphatic heterocycles. The molecule has 2 aromatic carbocycles. The van der Waals surface area contributed by atoms with E-state index in [0.29, 0.717) is 11.3 Å². The van der Waals surface area contributed by atoms with Crippen LogP contribution in [0.15, 0.2) is 42.5 Å². The maximum atomic E-state index is 12.2. The molecule has 0 unspecified atom stereocenters. The Morgan fingerprint density at radius 3 is 2.38 bits per heavy atom. The summed E-state index contributed by atoms with van der Waals surface area (Å²) >= 11 is 0. The van der Waals surface area contributed by atoms with Gasteiger partial charge in [-0.05, 0) is 35.4 Å². The Kier molecular flexibility index (Phi) is 4.03. The molecule has 6 heteroatoms. The topological polar surface area (TPSA) is 42.2 Å². The summed E-state index contributed by atoms with van der Waals surface area (Å²) in [7, 11) is 1.51. The predicted octanol–water partition coefficient (Wildman–Crippen LogP) is 4.13. The molecular formula is C15H10F3NO2.